The molecule has 3 aromatic rings. The molecule has 1 amide bonds. The third-order valence-electron chi connectivity index (χ3n) is 4.06. The molecule has 0 aliphatic carbocycles. The van der Waals surface area contributed by atoms with E-state index in [0.29, 0.717) is 43.6 Å². The van der Waals surface area contributed by atoms with Gasteiger partial charge in [-0.05, 0) is 36.1 Å². The average molecular weight is 355 g/mol. The topological polar surface area (TPSA) is 68.5 Å². The first-order chi connectivity index (χ1) is 12.2. The lowest BCUT2D eigenvalue weighted by molar-refractivity contribution is 0.0303. The molecule has 25 heavy (non-hydrogen) atoms. The van der Waals surface area contributed by atoms with Crippen LogP contribution in [0.4, 0.5) is 0 Å². The first kappa shape index (κ1) is 16.0. The molecule has 0 spiro atoms. The molecule has 4 rings (SSSR count). The number of nitrogens with zero attached hydrogens (tertiary/aromatic N) is 3. The predicted octanol–water partition coefficient (Wildman–Crippen LogP) is 3.25. The predicted molar refractivity (Wildman–Crippen MR) is 94.5 cm³/mol. The zero-order chi connectivity index (χ0) is 17.2. The Morgan fingerprint density at radius 1 is 1.20 bits per heavy atom. The number of morpholine rings is 1. The highest BCUT2D eigenvalue weighted by Gasteiger charge is 2.19. The maximum absolute atomic E-state index is 12.5. The van der Waals surface area contributed by atoms with E-state index in [9.17, 15) is 4.79 Å². The van der Waals surface area contributed by atoms with E-state index in [1.807, 2.05) is 35.4 Å². The van der Waals surface area contributed by atoms with Crippen LogP contribution >= 0.6 is 11.3 Å². The summed E-state index contributed by atoms with van der Waals surface area (Å²) in [5, 5.41) is 6.09. The van der Waals surface area contributed by atoms with E-state index in [1.165, 1.54) is 5.56 Å². The minimum absolute atomic E-state index is 0.0257. The van der Waals surface area contributed by atoms with Crippen molar-refractivity contribution in [3.63, 3.8) is 0 Å². The van der Waals surface area contributed by atoms with E-state index in [-0.39, 0.29) is 5.91 Å². The lowest BCUT2D eigenvalue weighted by atomic mass is 10.1. The number of hydrogen-bond acceptors (Lipinski definition) is 6. The fourth-order valence-electron chi connectivity index (χ4n) is 2.70. The van der Waals surface area contributed by atoms with Gasteiger partial charge in [0.2, 0.25) is 5.82 Å². The van der Waals surface area contributed by atoms with Gasteiger partial charge in [-0.25, -0.2) is 0 Å². The molecule has 0 atom stereocenters. The van der Waals surface area contributed by atoms with Crippen molar-refractivity contribution in [2.75, 3.05) is 26.3 Å². The summed E-state index contributed by atoms with van der Waals surface area (Å²) in [4.78, 5) is 19.7. The Hall–Kier alpha value is -2.51. The molecule has 1 aromatic carbocycles. The average Bonchev–Trinajstić information content (AvgIpc) is 3.31. The zero-order valence-corrected chi connectivity index (χ0v) is 14.6. The third-order valence-corrected chi connectivity index (χ3v) is 5.09. The summed E-state index contributed by atoms with van der Waals surface area (Å²) < 4.78 is 10.6. The lowest BCUT2D eigenvalue weighted by Crippen LogP contribution is -2.40. The Morgan fingerprint density at radius 3 is 2.64 bits per heavy atom. The van der Waals surface area contributed by atoms with E-state index in [1.54, 1.807) is 23.5 Å². The van der Waals surface area contributed by atoms with E-state index in [2.05, 4.69) is 10.1 Å². The van der Waals surface area contributed by atoms with Crippen LogP contribution in [-0.4, -0.2) is 47.3 Å². The van der Waals surface area contributed by atoms with Gasteiger partial charge in [0.05, 0.1) is 18.1 Å². The second kappa shape index (κ2) is 6.78. The third kappa shape index (κ3) is 3.33. The van der Waals surface area contributed by atoms with E-state index in [4.69, 9.17) is 9.26 Å². The maximum atomic E-state index is 12.5. The number of aromatic nitrogens is 2. The molecule has 0 unspecified atom stereocenters. The molecule has 0 N–H and O–H groups in total. The minimum Gasteiger partial charge on any atom is -0.378 e. The molecule has 128 valence electrons. The quantitative estimate of drug-likeness (QED) is 0.721. The van der Waals surface area contributed by atoms with Crippen LogP contribution in [0.5, 0.6) is 0 Å². The number of thiophene rings is 1. The van der Waals surface area contributed by atoms with Crippen molar-refractivity contribution in [2.24, 2.45) is 0 Å². The summed E-state index contributed by atoms with van der Waals surface area (Å²) in [6, 6.07) is 9.33. The Balaban J connectivity index is 1.52. The minimum atomic E-state index is 0.0257. The summed E-state index contributed by atoms with van der Waals surface area (Å²) in [6.07, 6.45) is 0. The van der Waals surface area contributed by atoms with Crippen molar-refractivity contribution in [1.29, 1.82) is 0 Å². The summed E-state index contributed by atoms with van der Waals surface area (Å²) >= 11 is 1.58. The smallest absolute Gasteiger partial charge is 0.268 e. The van der Waals surface area contributed by atoms with E-state index < -0.39 is 0 Å². The van der Waals surface area contributed by atoms with Gasteiger partial charge in [0.1, 0.15) is 0 Å². The molecule has 6 nitrogen and oxygen atoms in total. The van der Waals surface area contributed by atoms with Gasteiger partial charge in [-0.3, -0.25) is 4.79 Å². The van der Waals surface area contributed by atoms with Gasteiger partial charge in [-0.15, -0.1) is 11.3 Å². The largest absolute Gasteiger partial charge is 0.378 e. The van der Waals surface area contributed by atoms with Gasteiger partial charge in [0, 0.05) is 24.2 Å². The molecule has 2 aromatic heterocycles. The number of hydrogen-bond donors (Lipinski definition) is 0. The maximum Gasteiger partial charge on any atom is 0.268 e. The summed E-state index contributed by atoms with van der Waals surface area (Å²) in [6.45, 7) is 4.49. The highest BCUT2D eigenvalue weighted by Crippen LogP contribution is 2.27. The van der Waals surface area contributed by atoms with Crippen LogP contribution < -0.4 is 0 Å². The summed E-state index contributed by atoms with van der Waals surface area (Å²) in [7, 11) is 0. The van der Waals surface area contributed by atoms with Crippen LogP contribution in [0.25, 0.3) is 22.2 Å². The Morgan fingerprint density at radius 2 is 1.96 bits per heavy atom. The number of benzene rings is 1. The van der Waals surface area contributed by atoms with Gasteiger partial charge in [-0.2, -0.15) is 4.98 Å². The molecular formula is C18H17N3O3S. The van der Waals surface area contributed by atoms with Crippen LogP contribution in [0.3, 0.4) is 0 Å². The van der Waals surface area contributed by atoms with E-state index >= 15 is 0 Å². The number of aryl methyl sites for hydroxylation is 1. The molecule has 0 bridgehead atoms. The van der Waals surface area contributed by atoms with Gasteiger partial charge in [0.25, 0.3) is 11.8 Å². The first-order valence-corrected chi connectivity index (χ1v) is 8.95. The Kier molecular flexibility index (Phi) is 4.33. The SMILES string of the molecule is Cc1csc(-c2nc(-c3ccc(C(=O)N4CCOCC4)cc3)no2)c1. The lowest BCUT2D eigenvalue weighted by Gasteiger charge is -2.26. The van der Waals surface area contributed by atoms with Gasteiger partial charge < -0.3 is 14.2 Å². The number of carbonyl (C=O) groups is 1. The number of rotatable bonds is 3. The van der Waals surface area contributed by atoms with Crippen LogP contribution in [0.2, 0.25) is 0 Å². The molecule has 7 heteroatoms. The summed E-state index contributed by atoms with van der Waals surface area (Å²) in [5.74, 6) is 1.06. The fourth-order valence-corrected chi connectivity index (χ4v) is 3.51. The van der Waals surface area contributed by atoms with E-state index in [0.717, 1.165) is 10.4 Å². The standard InChI is InChI=1S/C18H17N3O3S/c1-12-10-15(25-11-12)17-19-16(20-24-17)13-2-4-14(5-3-13)18(22)21-6-8-23-9-7-21/h2-5,10-11H,6-9H2,1H3. The monoisotopic (exact) mass is 355 g/mol. The molecule has 1 fully saturated rings. The Bertz CT molecular complexity index is 879. The number of carbonyl (C=O) groups excluding carboxylic acids is 1. The van der Waals surface area contributed by atoms with Crippen molar-refractivity contribution in [3.8, 4) is 22.2 Å². The normalized spacial score (nSPS) is 14.7. The van der Waals surface area contributed by atoms with Crippen LogP contribution in [0.15, 0.2) is 40.2 Å². The first-order valence-electron chi connectivity index (χ1n) is 8.07. The van der Waals surface area contributed by atoms with Crippen molar-refractivity contribution < 1.29 is 14.1 Å². The van der Waals surface area contributed by atoms with Gasteiger partial charge in [0.15, 0.2) is 0 Å². The molecule has 0 saturated carbocycles. The zero-order valence-electron chi connectivity index (χ0n) is 13.8. The molecule has 1 aliphatic rings. The second-order valence-corrected chi connectivity index (χ2v) is 6.80. The van der Waals surface area contributed by atoms with Crippen LogP contribution in [0.1, 0.15) is 15.9 Å². The van der Waals surface area contributed by atoms with Crippen LogP contribution in [-0.2, 0) is 4.74 Å². The molecule has 3 heterocycles. The molecule has 1 saturated heterocycles. The van der Waals surface area contributed by atoms with Crippen molar-refractivity contribution in [2.45, 2.75) is 6.92 Å². The number of ether oxygens (including phenoxy) is 1. The van der Waals surface area contributed by atoms with Gasteiger partial charge >= 0.3 is 0 Å². The summed E-state index contributed by atoms with van der Waals surface area (Å²) in [5.41, 5.74) is 2.65. The Labute approximate surface area is 149 Å². The highest BCUT2D eigenvalue weighted by molar-refractivity contribution is 7.13. The van der Waals surface area contributed by atoms with Crippen molar-refractivity contribution in [3.05, 3.63) is 46.8 Å². The van der Waals surface area contributed by atoms with Gasteiger partial charge in [-0.1, -0.05) is 17.3 Å². The van der Waals surface area contributed by atoms with Crippen LogP contribution in [0, 0.1) is 6.92 Å². The highest BCUT2D eigenvalue weighted by atomic mass is 32.1. The number of amides is 1. The second-order valence-electron chi connectivity index (χ2n) is 5.89. The van der Waals surface area contributed by atoms with Crippen molar-refractivity contribution >= 4 is 17.2 Å². The fraction of sp³-hybridized carbons (Fsp3) is 0.278. The van der Waals surface area contributed by atoms with Crippen molar-refractivity contribution in [1.82, 2.24) is 15.0 Å². The molecular weight excluding hydrogens is 338 g/mol. The molecule has 0 radical (unpaired) electrons. The molecule has 1 aliphatic heterocycles.